The number of thiazole rings is 1. The summed E-state index contributed by atoms with van der Waals surface area (Å²) in [6.07, 6.45) is 3.27. The first-order valence-corrected chi connectivity index (χ1v) is 10.4. The van der Waals surface area contributed by atoms with Gasteiger partial charge in [-0.25, -0.2) is 4.98 Å². The van der Waals surface area contributed by atoms with Crippen LogP contribution in [0.4, 0.5) is 0 Å². The van der Waals surface area contributed by atoms with E-state index in [0.29, 0.717) is 41.0 Å². The van der Waals surface area contributed by atoms with E-state index < -0.39 is 5.97 Å². The molecule has 1 aromatic carbocycles. The number of carbonyl (C=O) groups is 2. The Bertz CT molecular complexity index is 832. The summed E-state index contributed by atoms with van der Waals surface area (Å²) in [7, 11) is 0. The maximum atomic E-state index is 12.2. The van der Waals surface area contributed by atoms with Crippen LogP contribution in [0.5, 0.6) is 0 Å². The second kappa shape index (κ2) is 9.04. The van der Waals surface area contributed by atoms with Gasteiger partial charge in [0.25, 0.3) is 0 Å². The van der Waals surface area contributed by atoms with Crippen molar-refractivity contribution >= 4 is 46.4 Å². The Balaban J connectivity index is 1.49. The highest BCUT2D eigenvalue weighted by atomic mass is 35.5. The molecule has 1 aliphatic rings. The van der Waals surface area contributed by atoms with Gasteiger partial charge in [-0.3, -0.25) is 9.59 Å². The maximum absolute atomic E-state index is 12.2. The molecule has 0 saturated heterocycles. The van der Waals surface area contributed by atoms with Crippen molar-refractivity contribution in [3.63, 3.8) is 0 Å². The molecule has 144 valence electrons. The van der Waals surface area contributed by atoms with E-state index >= 15 is 0 Å². The molecule has 1 saturated carbocycles. The van der Waals surface area contributed by atoms with Gasteiger partial charge in [0.15, 0.2) is 0 Å². The molecule has 8 heteroatoms. The number of benzene rings is 1. The number of hydrogen-bond acceptors (Lipinski definition) is 4. The fourth-order valence-corrected chi connectivity index (χ4v) is 4.69. The van der Waals surface area contributed by atoms with E-state index in [1.165, 1.54) is 11.3 Å². The number of carboxylic acids is 1. The van der Waals surface area contributed by atoms with Crippen molar-refractivity contribution in [1.82, 2.24) is 10.3 Å². The van der Waals surface area contributed by atoms with Crippen molar-refractivity contribution in [3.8, 4) is 10.6 Å². The Hall–Kier alpha value is -1.63. The summed E-state index contributed by atoms with van der Waals surface area (Å²) in [6, 6.07) is 5.25. The van der Waals surface area contributed by atoms with Crippen molar-refractivity contribution in [1.29, 1.82) is 0 Å². The molecule has 0 atom stereocenters. The minimum absolute atomic E-state index is 0.0746. The van der Waals surface area contributed by atoms with Gasteiger partial charge in [0.05, 0.1) is 23.1 Å². The third kappa shape index (κ3) is 5.43. The van der Waals surface area contributed by atoms with E-state index in [-0.39, 0.29) is 18.2 Å². The Morgan fingerprint density at radius 1 is 1.22 bits per heavy atom. The van der Waals surface area contributed by atoms with E-state index in [4.69, 9.17) is 28.3 Å². The van der Waals surface area contributed by atoms with E-state index in [1.54, 1.807) is 12.1 Å². The van der Waals surface area contributed by atoms with Crippen LogP contribution < -0.4 is 5.32 Å². The normalized spacial score (nSPS) is 19.6. The van der Waals surface area contributed by atoms with Gasteiger partial charge >= 0.3 is 5.97 Å². The fourth-order valence-electron chi connectivity index (χ4n) is 3.27. The molecule has 2 N–H and O–H groups in total. The Labute approximate surface area is 171 Å². The number of carbonyl (C=O) groups excluding carboxylic acids is 1. The molecular weight excluding hydrogens is 407 g/mol. The minimum Gasteiger partial charge on any atom is -0.481 e. The van der Waals surface area contributed by atoms with Gasteiger partial charge in [0.1, 0.15) is 5.01 Å². The van der Waals surface area contributed by atoms with E-state index in [9.17, 15) is 9.59 Å². The summed E-state index contributed by atoms with van der Waals surface area (Å²) >= 11 is 13.6. The molecular formula is C19H20Cl2N2O3S. The highest BCUT2D eigenvalue weighted by Crippen LogP contribution is 2.32. The number of nitrogens with one attached hydrogen (secondary N) is 1. The summed E-state index contributed by atoms with van der Waals surface area (Å²) in [5, 5.41) is 15.7. The van der Waals surface area contributed by atoms with Crippen LogP contribution in [0.1, 0.15) is 31.4 Å². The Morgan fingerprint density at radius 3 is 2.63 bits per heavy atom. The Kier molecular flexibility index (Phi) is 6.73. The number of aliphatic carboxylic acids is 1. The number of rotatable bonds is 6. The van der Waals surface area contributed by atoms with Crippen LogP contribution in [-0.2, 0) is 16.0 Å². The molecule has 0 bridgehead atoms. The van der Waals surface area contributed by atoms with Gasteiger partial charge in [-0.15, -0.1) is 11.3 Å². The van der Waals surface area contributed by atoms with Crippen LogP contribution in [0.3, 0.4) is 0 Å². The quantitative estimate of drug-likeness (QED) is 0.703. The molecule has 1 fully saturated rings. The van der Waals surface area contributed by atoms with Gasteiger partial charge in [0.2, 0.25) is 5.91 Å². The van der Waals surface area contributed by atoms with Crippen molar-refractivity contribution in [2.24, 2.45) is 11.8 Å². The smallest absolute Gasteiger partial charge is 0.306 e. The predicted molar refractivity (Wildman–Crippen MR) is 107 cm³/mol. The van der Waals surface area contributed by atoms with Crippen LogP contribution in [0.2, 0.25) is 10.0 Å². The van der Waals surface area contributed by atoms with Crippen molar-refractivity contribution < 1.29 is 14.7 Å². The monoisotopic (exact) mass is 426 g/mol. The standard InChI is InChI=1S/C19H20Cl2N2O3S/c20-13-5-6-15(16(21)7-13)18-23-14(10-27-18)8-17(24)22-9-11-1-3-12(4-2-11)19(25)26/h5-7,10-12H,1-4,8-9H2,(H,22,24)(H,25,26). The van der Waals surface area contributed by atoms with Crippen molar-refractivity contribution in [2.45, 2.75) is 32.1 Å². The molecule has 0 spiro atoms. The first kappa shape index (κ1) is 20.1. The Morgan fingerprint density at radius 2 is 1.96 bits per heavy atom. The third-order valence-corrected chi connectivity index (χ3v) is 6.31. The van der Waals surface area contributed by atoms with E-state index in [1.807, 2.05) is 11.4 Å². The molecule has 0 aliphatic heterocycles. The zero-order valence-electron chi connectivity index (χ0n) is 14.6. The third-order valence-electron chi connectivity index (χ3n) is 4.84. The van der Waals surface area contributed by atoms with E-state index in [2.05, 4.69) is 10.3 Å². The summed E-state index contributed by atoms with van der Waals surface area (Å²) in [5.74, 6) is -0.666. The summed E-state index contributed by atoms with van der Waals surface area (Å²) in [6.45, 7) is 0.588. The average molecular weight is 427 g/mol. The first-order chi connectivity index (χ1) is 12.9. The number of halogens is 2. The molecule has 1 aromatic heterocycles. The summed E-state index contributed by atoms with van der Waals surface area (Å²) in [4.78, 5) is 27.7. The lowest BCUT2D eigenvalue weighted by atomic mass is 9.82. The van der Waals surface area contributed by atoms with Crippen LogP contribution in [0.15, 0.2) is 23.6 Å². The number of nitrogens with zero attached hydrogens (tertiary/aromatic N) is 1. The second-order valence-electron chi connectivity index (χ2n) is 6.80. The van der Waals surface area contributed by atoms with Crippen molar-refractivity contribution in [3.05, 3.63) is 39.3 Å². The van der Waals surface area contributed by atoms with Gasteiger partial charge in [-0.1, -0.05) is 23.2 Å². The largest absolute Gasteiger partial charge is 0.481 e. The zero-order chi connectivity index (χ0) is 19.4. The summed E-state index contributed by atoms with van der Waals surface area (Å²) < 4.78 is 0. The van der Waals surface area contributed by atoms with Crippen LogP contribution in [0, 0.1) is 11.8 Å². The molecule has 1 aliphatic carbocycles. The van der Waals surface area contributed by atoms with Crippen LogP contribution in [0.25, 0.3) is 10.6 Å². The molecule has 5 nitrogen and oxygen atoms in total. The molecule has 1 heterocycles. The van der Waals surface area contributed by atoms with Gasteiger partial charge in [-0.05, 0) is 49.8 Å². The lowest BCUT2D eigenvalue weighted by Crippen LogP contribution is -2.33. The molecule has 27 heavy (non-hydrogen) atoms. The molecule has 0 radical (unpaired) electrons. The minimum atomic E-state index is -0.711. The zero-order valence-corrected chi connectivity index (χ0v) is 16.9. The van der Waals surface area contributed by atoms with Crippen LogP contribution in [-0.4, -0.2) is 28.5 Å². The predicted octanol–water partition coefficient (Wildman–Crippen LogP) is 4.67. The van der Waals surface area contributed by atoms with Gasteiger partial charge in [-0.2, -0.15) is 0 Å². The fraction of sp³-hybridized carbons (Fsp3) is 0.421. The number of amides is 1. The lowest BCUT2D eigenvalue weighted by molar-refractivity contribution is -0.143. The highest BCUT2D eigenvalue weighted by Gasteiger charge is 2.26. The van der Waals surface area contributed by atoms with Gasteiger partial charge < -0.3 is 10.4 Å². The van der Waals surface area contributed by atoms with Crippen molar-refractivity contribution in [2.75, 3.05) is 6.54 Å². The molecule has 2 aromatic rings. The van der Waals surface area contributed by atoms with Crippen LogP contribution >= 0.6 is 34.5 Å². The number of aromatic nitrogens is 1. The number of hydrogen-bond donors (Lipinski definition) is 2. The average Bonchev–Trinajstić information content (AvgIpc) is 3.08. The molecule has 0 unspecified atom stereocenters. The number of carboxylic acid groups (broad SMARTS) is 1. The highest BCUT2D eigenvalue weighted by molar-refractivity contribution is 7.13. The van der Waals surface area contributed by atoms with E-state index in [0.717, 1.165) is 23.4 Å². The maximum Gasteiger partial charge on any atom is 0.306 e. The second-order valence-corrected chi connectivity index (χ2v) is 8.51. The first-order valence-electron chi connectivity index (χ1n) is 8.81. The molecule has 1 amide bonds. The van der Waals surface area contributed by atoms with Gasteiger partial charge in [0, 0.05) is 22.5 Å². The summed E-state index contributed by atoms with van der Waals surface area (Å²) in [5.41, 5.74) is 1.50. The SMILES string of the molecule is O=C(Cc1csc(-c2ccc(Cl)cc2Cl)n1)NCC1CCC(C(=O)O)CC1. The topological polar surface area (TPSA) is 79.3 Å². The molecule has 3 rings (SSSR count). The lowest BCUT2D eigenvalue weighted by Gasteiger charge is -2.26.